The average Bonchev–Trinajstić information content (AvgIpc) is 2.45. The number of nitrogens with one attached hydrogen (secondary N) is 2. The van der Waals surface area contributed by atoms with Crippen LogP contribution in [0.25, 0.3) is 0 Å². The van der Waals surface area contributed by atoms with Crippen LogP contribution in [0.15, 0.2) is 34.9 Å². The van der Waals surface area contributed by atoms with Gasteiger partial charge < -0.3 is 16.4 Å². The highest BCUT2D eigenvalue weighted by molar-refractivity contribution is 9.10. The van der Waals surface area contributed by atoms with Gasteiger partial charge in [-0.05, 0) is 53.2 Å². The second-order valence-electron chi connectivity index (χ2n) is 4.09. The summed E-state index contributed by atoms with van der Waals surface area (Å²) in [6, 6.07) is 7.36. The van der Waals surface area contributed by atoms with E-state index in [4.69, 9.17) is 17.3 Å². The predicted octanol–water partition coefficient (Wildman–Crippen LogP) is 3.40. The van der Waals surface area contributed by atoms with Crippen molar-refractivity contribution < 1.29 is 0 Å². The van der Waals surface area contributed by atoms with Crippen molar-refractivity contribution in [3.05, 3.63) is 40.0 Å². The molecular formula is C13H15BrClN5. The Kier molecular flexibility index (Phi) is 5.58. The molecule has 7 heteroatoms. The molecule has 106 valence electrons. The van der Waals surface area contributed by atoms with Gasteiger partial charge in [-0.25, -0.2) is 4.98 Å². The van der Waals surface area contributed by atoms with Crippen LogP contribution in [0.4, 0.5) is 17.5 Å². The molecule has 1 aromatic heterocycles. The van der Waals surface area contributed by atoms with Crippen molar-refractivity contribution in [3.8, 4) is 0 Å². The van der Waals surface area contributed by atoms with Gasteiger partial charge in [0, 0.05) is 23.5 Å². The lowest BCUT2D eigenvalue weighted by atomic mass is 10.3. The molecule has 5 nitrogen and oxygen atoms in total. The maximum atomic E-state index is 5.85. The Morgan fingerprint density at radius 2 is 2.00 bits per heavy atom. The fourth-order valence-electron chi connectivity index (χ4n) is 1.52. The Morgan fingerprint density at radius 1 is 1.25 bits per heavy atom. The zero-order chi connectivity index (χ0) is 14.4. The Balaban J connectivity index is 2.08. The van der Waals surface area contributed by atoms with Gasteiger partial charge in [0.25, 0.3) is 0 Å². The van der Waals surface area contributed by atoms with Crippen molar-refractivity contribution in [2.75, 3.05) is 23.7 Å². The van der Waals surface area contributed by atoms with Crippen molar-refractivity contribution >= 4 is 45.0 Å². The largest absolute Gasteiger partial charge is 0.369 e. The third-order valence-corrected chi connectivity index (χ3v) is 3.35. The van der Waals surface area contributed by atoms with Crippen LogP contribution in [0.3, 0.4) is 0 Å². The molecule has 0 bridgehead atoms. The highest BCUT2D eigenvalue weighted by Crippen LogP contribution is 2.22. The molecule has 0 saturated carbocycles. The van der Waals surface area contributed by atoms with E-state index in [1.165, 1.54) is 0 Å². The van der Waals surface area contributed by atoms with Gasteiger partial charge in [-0.1, -0.05) is 11.6 Å². The monoisotopic (exact) mass is 355 g/mol. The van der Waals surface area contributed by atoms with E-state index in [2.05, 4.69) is 36.5 Å². The fourth-order valence-corrected chi connectivity index (χ4v) is 1.98. The molecular weight excluding hydrogens is 342 g/mol. The van der Waals surface area contributed by atoms with Crippen molar-refractivity contribution in [2.24, 2.45) is 5.73 Å². The number of aromatic nitrogens is 2. The van der Waals surface area contributed by atoms with Gasteiger partial charge in [0.1, 0.15) is 5.82 Å². The van der Waals surface area contributed by atoms with Crippen LogP contribution in [-0.4, -0.2) is 23.1 Å². The number of anilines is 3. The Morgan fingerprint density at radius 3 is 2.70 bits per heavy atom. The Labute approximate surface area is 131 Å². The normalized spacial score (nSPS) is 10.3. The minimum atomic E-state index is 0.519. The van der Waals surface area contributed by atoms with Crippen LogP contribution in [0.5, 0.6) is 0 Å². The lowest BCUT2D eigenvalue weighted by molar-refractivity contribution is 0.868. The van der Waals surface area contributed by atoms with Gasteiger partial charge >= 0.3 is 0 Å². The Hall–Kier alpha value is -1.37. The van der Waals surface area contributed by atoms with Crippen LogP contribution in [-0.2, 0) is 0 Å². The molecule has 2 rings (SSSR count). The Bertz CT molecular complexity index is 561. The summed E-state index contributed by atoms with van der Waals surface area (Å²) >= 11 is 9.26. The van der Waals surface area contributed by atoms with Crippen LogP contribution in [0.2, 0.25) is 5.02 Å². The van der Waals surface area contributed by atoms with E-state index in [0.29, 0.717) is 17.5 Å². The lowest BCUT2D eigenvalue weighted by Gasteiger charge is -2.10. The summed E-state index contributed by atoms with van der Waals surface area (Å²) in [4.78, 5) is 8.63. The van der Waals surface area contributed by atoms with Gasteiger partial charge in [-0.15, -0.1) is 0 Å². The smallest absolute Gasteiger partial charge is 0.229 e. The third kappa shape index (κ3) is 4.33. The maximum absolute atomic E-state index is 5.85. The van der Waals surface area contributed by atoms with Gasteiger partial charge in [0.2, 0.25) is 5.95 Å². The van der Waals surface area contributed by atoms with E-state index in [1.807, 2.05) is 24.3 Å². The highest BCUT2D eigenvalue weighted by Gasteiger charge is 2.05. The molecule has 0 saturated heterocycles. The first kappa shape index (κ1) is 15.0. The van der Waals surface area contributed by atoms with Crippen LogP contribution in [0.1, 0.15) is 6.42 Å². The predicted molar refractivity (Wildman–Crippen MR) is 86.6 cm³/mol. The molecule has 4 N–H and O–H groups in total. The van der Waals surface area contributed by atoms with E-state index >= 15 is 0 Å². The summed E-state index contributed by atoms with van der Waals surface area (Å²) in [6.45, 7) is 1.41. The first-order valence-corrected chi connectivity index (χ1v) is 7.35. The maximum Gasteiger partial charge on any atom is 0.229 e. The van der Waals surface area contributed by atoms with Gasteiger partial charge in [0.15, 0.2) is 0 Å². The van der Waals surface area contributed by atoms with Crippen LogP contribution >= 0.6 is 27.5 Å². The van der Waals surface area contributed by atoms with Gasteiger partial charge in [-0.3, -0.25) is 0 Å². The quantitative estimate of drug-likeness (QED) is 0.692. The summed E-state index contributed by atoms with van der Waals surface area (Å²) in [5.74, 6) is 1.26. The topological polar surface area (TPSA) is 75.9 Å². The summed E-state index contributed by atoms with van der Waals surface area (Å²) in [5, 5.41) is 7.02. The third-order valence-electron chi connectivity index (χ3n) is 2.52. The summed E-state index contributed by atoms with van der Waals surface area (Å²) < 4.78 is 0.816. The first-order chi connectivity index (χ1) is 9.69. The lowest BCUT2D eigenvalue weighted by Crippen LogP contribution is -2.10. The molecule has 0 atom stereocenters. The molecule has 0 fully saturated rings. The van der Waals surface area contributed by atoms with Crippen LogP contribution in [0, 0.1) is 0 Å². The van der Waals surface area contributed by atoms with Gasteiger partial charge in [0.05, 0.1) is 4.47 Å². The summed E-state index contributed by atoms with van der Waals surface area (Å²) in [6.07, 6.45) is 2.59. The van der Waals surface area contributed by atoms with E-state index < -0.39 is 0 Å². The molecule has 0 spiro atoms. The second-order valence-corrected chi connectivity index (χ2v) is 5.38. The summed E-state index contributed by atoms with van der Waals surface area (Å²) in [5.41, 5.74) is 6.35. The van der Waals surface area contributed by atoms with Crippen molar-refractivity contribution in [1.82, 2.24) is 9.97 Å². The number of nitrogens with zero attached hydrogens (tertiary/aromatic N) is 2. The molecule has 2 aromatic rings. The minimum absolute atomic E-state index is 0.519. The zero-order valence-corrected chi connectivity index (χ0v) is 13.1. The van der Waals surface area contributed by atoms with Crippen molar-refractivity contribution in [2.45, 2.75) is 6.42 Å². The highest BCUT2D eigenvalue weighted by atomic mass is 79.9. The first-order valence-electron chi connectivity index (χ1n) is 6.18. The molecule has 20 heavy (non-hydrogen) atoms. The molecule has 0 aliphatic heterocycles. The molecule has 1 aromatic carbocycles. The van der Waals surface area contributed by atoms with E-state index in [0.717, 1.165) is 28.9 Å². The van der Waals surface area contributed by atoms with E-state index in [-0.39, 0.29) is 0 Å². The van der Waals surface area contributed by atoms with Crippen molar-refractivity contribution in [1.29, 1.82) is 0 Å². The number of halogens is 2. The fraction of sp³-hybridized carbons (Fsp3) is 0.231. The molecule has 0 aliphatic carbocycles. The van der Waals surface area contributed by atoms with Crippen LogP contribution < -0.4 is 16.4 Å². The molecule has 0 radical (unpaired) electrons. The number of rotatable bonds is 6. The van der Waals surface area contributed by atoms with E-state index in [9.17, 15) is 0 Å². The van der Waals surface area contributed by atoms with Crippen molar-refractivity contribution in [3.63, 3.8) is 0 Å². The SMILES string of the molecule is NCCCNc1nc(Nc2ccc(Cl)cc2)ncc1Br. The standard InChI is InChI=1S/C13H15BrClN5/c14-11-8-18-13(20-12(11)17-7-1-6-16)19-10-4-2-9(15)3-5-10/h2-5,8H,1,6-7,16H2,(H2,17,18,19,20). The minimum Gasteiger partial charge on any atom is -0.369 e. The summed E-state index contributed by atoms with van der Waals surface area (Å²) in [7, 11) is 0. The average molecular weight is 357 g/mol. The molecule has 1 heterocycles. The second kappa shape index (κ2) is 7.42. The van der Waals surface area contributed by atoms with Gasteiger partial charge in [-0.2, -0.15) is 4.98 Å². The molecule has 0 amide bonds. The zero-order valence-electron chi connectivity index (χ0n) is 10.7. The molecule has 0 unspecified atom stereocenters. The number of nitrogens with two attached hydrogens (primary N) is 1. The van der Waals surface area contributed by atoms with E-state index in [1.54, 1.807) is 6.20 Å². The molecule has 0 aliphatic rings. The number of benzene rings is 1. The number of hydrogen-bond donors (Lipinski definition) is 3. The number of hydrogen-bond acceptors (Lipinski definition) is 5.